The maximum Gasteiger partial charge on any atom is 0.420 e. The normalized spacial score (nSPS) is 12.5. The Labute approximate surface area is 179 Å². The van der Waals surface area contributed by atoms with Crippen LogP contribution >= 0.6 is 11.6 Å². The van der Waals surface area contributed by atoms with E-state index in [0.29, 0.717) is 16.3 Å². The molecule has 0 aliphatic carbocycles. The molecule has 164 valence electrons. The number of urea groups is 1. The van der Waals surface area contributed by atoms with Gasteiger partial charge in [0.1, 0.15) is 5.56 Å². The number of aromatic nitrogens is 5. The Kier molecular flexibility index (Phi) is 6.41. The van der Waals surface area contributed by atoms with Crippen LogP contribution < -0.4 is 10.6 Å². The highest BCUT2D eigenvalue weighted by Gasteiger charge is 2.36. The van der Waals surface area contributed by atoms with Gasteiger partial charge in [-0.05, 0) is 19.9 Å². The van der Waals surface area contributed by atoms with Crippen LogP contribution in [0.1, 0.15) is 29.8 Å². The van der Waals surface area contributed by atoms with Gasteiger partial charge in [-0.15, -0.1) is 4.80 Å². The van der Waals surface area contributed by atoms with Crippen LogP contribution in [0.4, 0.5) is 29.3 Å². The third kappa shape index (κ3) is 4.91. The Hall–Kier alpha value is -3.25. The Morgan fingerprint density at radius 2 is 1.87 bits per heavy atom. The van der Waals surface area contributed by atoms with Crippen molar-refractivity contribution in [2.75, 3.05) is 17.7 Å². The van der Waals surface area contributed by atoms with E-state index in [1.165, 1.54) is 25.7 Å². The van der Waals surface area contributed by atoms with Gasteiger partial charge in [-0.2, -0.15) is 23.4 Å². The van der Waals surface area contributed by atoms with Gasteiger partial charge in [-0.1, -0.05) is 11.6 Å². The standard InChI is InChI=1S/C18H17ClF3N7O2/c1-9-15(19)14(10(2)31-3)13(8-23-9)28-17(30)27-11-6-12(18(20,21)22)16(24-7-11)29-25-4-5-26-29/h4-8,10H,1-3H3,(H2,27,28,30). The lowest BCUT2D eigenvalue weighted by molar-refractivity contribution is -0.137. The molecule has 0 aliphatic heterocycles. The van der Waals surface area contributed by atoms with E-state index in [1.54, 1.807) is 13.8 Å². The first-order valence-corrected chi connectivity index (χ1v) is 9.19. The molecule has 3 rings (SSSR count). The van der Waals surface area contributed by atoms with E-state index in [-0.39, 0.29) is 11.4 Å². The van der Waals surface area contributed by atoms with Crippen molar-refractivity contribution in [3.05, 3.63) is 52.7 Å². The zero-order valence-corrected chi connectivity index (χ0v) is 17.3. The zero-order chi connectivity index (χ0) is 22.8. The summed E-state index contributed by atoms with van der Waals surface area (Å²) in [6.45, 7) is 3.42. The molecule has 0 spiro atoms. The highest BCUT2D eigenvalue weighted by molar-refractivity contribution is 6.32. The smallest absolute Gasteiger partial charge is 0.377 e. The molecule has 2 N–H and O–H groups in total. The summed E-state index contributed by atoms with van der Waals surface area (Å²) in [5.41, 5.74) is -0.0262. The number of methoxy groups -OCH3 is 1. The molecule has 2 amide bonds. The van der Waals surface area contributed by atoms with Crippen LogP contribution in [0.5, 0.6) is 0 Å². The molecule has 13 heteroatoms. The second kappa shape index (κ2) is 8.86. The number of carbonyl (C=O) groups excluding carboxylic acids is 1. The lowest BCUT2D eigenvalue weighted by atomic mass is 10.1. The summed E-state index contributed by atoms with van der Waals surface area (Å²) in [7, 11) is 1.47. The molecule has 0 bridgehead atoms. The van der Waals surface area contributed by atoms with Crippen molar-refractivity contribution in [1.82, 2.24) is 25.0 Å². The number of pyridine rings is 2. The summed E-state index contributed by atoms with van der Waals surface area (Å²) < 4.78 is 45.8. The average Bonchev–Trinajstić information content (AvgIpc) is 3.24. The van der Waals surface area contributed by atoms with E-state index in [0.717, 1.165) is 17.1 Å². The molecular weight excluding hydrogens is 439 g/mol. The molecule has 3 aromatic rings. The number of anilines is 2. The summed E-state index contributed by atoms with van der Waals surface area (Å²) >= 11 is 6.29. The second-order valence-electron chi connectivity index (χ2n) is 6.35. The van der Waals surface area contributed by atoms with Gasteiger partial charge in [0.2, 0.25) is 0 Å². The monoisotopic (exact) mass is 455 g/mol. The van der Waals surface area contributed by atoms with Crippen molar-refractivity contribution in [1.29, 1.82) is 0 Å². The number of carbonyl (C=O) groups is 1. The van der Waals surface area contributed by atoms with Crippen LogP contribution in [0.2, 0.25) is 5.02 Å². The van der Waals surface area contributed by atoms with Gasteiger partial charge in [0.25, 0.3) is 0 Å². The van der Waals surface area contributed by atoms with Crippen molar-refractivity contribution in [2.24, 2.45) is 0 Å². The van der Waals surface area contributed by atoms with Crippen LogP contribution in [0.15, 0.2) is 30.9 Å². The van der Waals surface area contributed by atoms with E-state index in [1.807, 2.05) is 0 Å². The molecule has 1 unspecified atom stereocenters. The molecule has 0 saturated carbocycles. The van der Waals surface area contributed by atoms with Gasteiger partial charge in [-0.3, -0.25) is 4.98 Å². The van der Waals surface area contributed by atoms with Crippen LogP contribution in [0.3, 0.4) is 0 Å². The fourth-order valence-electron chi connectivity index (χ4n) is 2.72. The number of hydrogen-bond donors (Lipinski definition) is 2. The summed E-state index contributed by atoms with van der Waals surface area (Å²) in [5.74, 6) is -0.519. The van der Waals surface area contributed by atoms with Gasteiger partial charge < -0.3 is 15.4 Å². The summed E-state index contributed by atoms with van der Waals surface area (Å²) in [4.78, 5) is 21.0. The molecule has 0 aliphatic rings. The molecule has 1 atom stereocenters. The highest BCUT2D eigenvalue weighted by Crippen LogP contribution is 2.35. The number of nitrogens with one attached hydrogen (secondary N) is 2. The quantitative estimate of drug-likeness (QED) is 0.591. The number of aryl methyl sites for hydroxylation is 1. The summed E-state index contributed by atoms with van der Waals surface area (Å²) in [6.07, 6.45) is -0.325. The summed E-state index contributed by atoms with van der Waals surface area (Å²) in [5, 5.41) is 12.5. The number of nitrogens with zero attached hydrogens (tertiary/aromatic N) is 5. The third-order valence-electron chi connectivity index (χ3n) is 4.28. The minimum atomic E-state index is -4.75. The number of hydrogen-bond acceptors (Lipinski definition) is 6. The van der Waals surface area contributed by atoms with Crippen LogP contribution in [0, 0.1) is 6.92 Å². The highest BCUT2D eigenvalue weighted by atomic mass is 35.5. The predicted molar refractivity (Wildman–Crippen MR) is 106 cm³/mol. The van der Waals surface area contributed by atoms with Gasteiger partial charge in [0, 0.05) is 12.7 Å². The molecule has 9 nitrogen and oxygen atoms in total. The first-order chi connectivity index (χ1) is 14.6. The molecule has 3 heterocycles. The molecule has 0 saturated heterocycles. The molecule has 31 heavy (non-hydrogen) atoms. The van der Waals surface area contributed by atoms with Crippen molar-refractivity contribution >= 4 is 29.0 Å². The Bertz CT molecular complexity index is 1090. The molecular formula is C18H17ClF3N7O2. The first kappa shape index (κ1) is 22.4. The van der Waals surface area contributed by atoms with Crippen molar-refractivity contribution in [2.45, 2.75) is 26.1 Å². The Balaban J connectivity index is 1.87. The average molecular weight is 456 g/mol. The number of amides is 2. The Morgan fingerprint density at radius 3 is 2.48 bits per heavy atom. The maximum absolute atomic E-state index is 13.5. The number of alkyl halides is 3. The lowest BCUT2D eigenvalue weighted by Crippen LogP contribution is -2.22. The van der Waals surface area contributed by atoms with E-state index in [2.05, 4.69) is 30.8 Å². The molecule has 0 radical (unpaired) electrons. The molecule has 0 aromatic carbocycles. The van der Waals surface area contributed by atoms with Gasteiger partial charge in [0.15, 0.2) is 5.82 Å². The number of rotatable bonds is 5. The minimum absolute atomic E-state index is 0.187. The first-order valence-electron chi connectivity index (χ1n) is 8.81. The topological polar surface area (TPSA) is 107 Å². The van der Waals surface area contributed by atoms with Crippen LogP contribution in [0.25, 0.3) is 5.82 Å². The SMILES string of the molecule is COC(C)c1c(NC(=O)Nc2cnc(-n3nccn3)c(C(F)(F)F)c2)cnc(C)c1Cl. The van der Waals surface area contributed by atoms with Gasteiger partial charge in [-0.25, -0.2) is 9.78 Å². The van der Waals surface area contributed by atoms with E-state index in [4.69, 9.17) is 16.3 Å². The zero-order valence-electron chi connectivity index (χ0n) is 16.5. The number of halogens is 4. The van der Waals surface area contributed by atoms with Crippen LogP contribution in [-0.4, -0.2) is 38.1 Å². The molecule has 3 aromatic heterocycles. The van der Waals surface area contributed by atoms with Crippen molar-refractivity contribution < 1.29 is 22.7 Å². The van der Waals surface area contributed by atoms with E-state index in [9.17, 15) is 18.0 Å². The van der Waals surface area contributed by atoms with Gasteiger partial charge in [0.05, 0.1) is 53.0 Å². The van der Waals surface area contributed by atoms with Gasteiger partial charge >= 0.3 is 12.2 Å². The third-order valence-corrected chi connectivity index (χ3v) is 4.76. The number of ether oxygens (including phenoxy) is 1. The summed E-state index contributed by atoms with van der Waals surface area (Å²) in [6, 6.07) is -0.0733. The predicted octanol–water partition coefficient (Wildman–Crippen LogP) is 4.39. The maximum atomic E-state index is 13.5. The second-order valence-corrected chi connectivity index (χ2v) is 6.73. The van der Waals surface area contributed by atoms with Crippen molar-refractivity contribution in [3.63, 3.8) is 0 Å². The fraction of sp³-hybridized carbons (Fsp3) is 0.278. The lowest BCUT2D eigenvalue weighted by Gasteiger charge is -2.19. The van der Waals surface area contributed by atoms with Crippen LogP contribution in [-0.2, 0) is 10.9 Å². The largest absolute Gasteiger partial charge is 0.420 e. The molecule has 0 fully saturated rings. The van der Waals surface area contributed by atoms with E-state index >= 15 is 0 Å². The minimum Gasteiger partial charge on any atom is -0.377 e. The Morgan fingerprint density at radius 1 is 1.19 bits per heavy atom. The van der Waals surface area contributed by atoms with Crippen molar-refractivity contribution in [3.8, 4) is 5.82 Å². The van der Waals surface area contributed by atoms with E-state index < -0.39 is 29.7 Å². The fourth-order valence-corrected chi connectivity index (χ4v) is 3.02.